The summed E-state index contributed by atoms with van der Waals surface area (Å²) in [5.74, 6) is 0.962. The summed E-state index contributed by atoms with van der Waals surface area (Å²) in [7, 11) is 0. The summed E-state index contributed by atoms with van der Waals surface area (Å²) in [6.07, 6.45) is 8.74. The maximum absolute atomic E-state index is 9.43. The molecule has 1 fully saturated rings. The third-order valence-corrected chi connectivity index (χ3v) is 3.49. The van der Waals surface area contributed by atoms with Crippen molar-refractivity contribution in [2.75, 3.05) is 11.9 Å². The van der Waals surface area contributed by atoms with Gasteiger partial charge < -0.3 is 10.4 Å². The zero-order valence-corrected chi connectivity index (χ0v) is 10.3. The van der Waals surface area contributed by atoms with Crippen LogP contribution in [-0.4, -0.2) is 27.7 Å². The minimum atomic E-state index is 0.210. The summed E-state index contributed by atoms with van der Waals surface area (Å²) in [4.78, 5) is 8.15. The predicted molar refractivity (Wildman–Crippen MR) is 67.8 cm³/mol. The van der Waals surface area contributed by atoms with Crippen LogP contribution in [0.4, 0.5) is 5.82 Å². The zero-order valence-electron chi connectivity index (χ0n) is 10.3. The summed E-state index contributed by atoms with van der Waals surface area (Å²) >= 11 is 0. The first-order valence-electron chi connectivity index (χ1n) is 6.43. The van der Waals surface area contributed by atoms with Gasteiger partial charge in [-0.15, -0.1) is 0 Å². The molecule has 1 heterocycles. The average molecular weight is 246 g/mol. The second-order valence-electron chi connectivity index (χ2n) is 4.73. The van der Waals surface area contributed by atoms with Crippen LogP contribution in [0.5, 0.6) is 0 Å². The van der Waals surface area contributed by atoms with Crippen molar-refractivity contribution in [3.63, 3.8) is 0 Å². The number of hydrogen-bond donors (Lipinski definition) is 2. The second kappa shape index (κ2) is 6.31. The SMILES string of the molecule is N#Cc1cnc(NC2CCCCCC2CO)cn1. The minimum absolute atomic E-state index is 0.210. The van der Waals surface area contributed by atoms with Gasteiger partial charge in [0, 0.05) is 18.6 Å². The van der Waals surface area contributed by atoms with Crippen molar-refractivity contribution >= 4 is 5.82 Å². The molecule has 5 heteroatoms. The Kier molecular flexibility index (Phi) is 4.48. The molecule has 0 spiro atoms. The number of nitrogens with zero attached hydrogens (tertiary/aromatic N) is 3. The van der Waals surface area contributed by atoms with Crippen LogP contribution < -0.4 is 5.32 Å². The molecule has 1 aromatic heterocycles. The van der Waals surface area contributed by atoms with Crippen LogP contribution in [0.2, 0.25) is 0 Å². The molecule has 0 amide bonds. The lowest BCUT2D eigenvalue weighted by Gasteiger charge is -2.24. The first kappa shape index (κ1) is 12.8. The van der Waals surface area contributed by atoms with Gasteiger partial charge in [0.2, 0.25) is 0 Å². The van der Waals surface area contributed by atoms with E-state index in [1.807, 2.05) is 6.07 Å². The molecule has 18 heavy (non-hydrogen) atoms. The van der Waals surface area contributed by atoms with Gasteiger partial charge in [0.25, 0.3) is 0 Å². The van der Waals surface area contributed by atoms with E-state index in [0.29, 0.717) is 11.5 Å². The zero-order chi connectivity index (χ0) is 12.8. The highest BCUT2D eigenvalue weighted by Crippen LogP contribution is 2.25. The topological polar surface area (TPSA) is 81.8 Å². The van der Waals surface area contributed by atoms with Gasteiger partial charge in [-0.25, -0.2) is 9.97 Å². The summed E-state index contributed by atoms with van der Waals surface area (Å²) in [5, 5.41) is 21.4. The van der Waals surface area contributed by atoms with Gasteiger partial charge in [0.15, 0.2) is 5.69 Å². The molecule has 2 N–H and O–H groups in total. The summed E-state index contributed by atoms with van der Waals surface area (Å²) in [5.41, 5.74) is 0.320. The Morgan fingerprint density at radius 3 is 2.78 bits per heavy atom. The fourth-order valence-corrected chi connectivity index (χ4v) is 2.44. The van der Waals surface area contributed by atoms with Gasteiger partial charge in [-0.05, 0) is 12.8 Å². The molecular formula is C13H18N4O. The standard InChI is InChI=1S/C13H18N4O/c14-6-11-7-16-13(8-15-11)17-12-5-3-1-2-4-10(12)9-18/h7-8,10,12,18H,1-5,9H2,(H,16,17). The van der Waals surface area contributed by atoms with Crippen LogP contribution in [0.3, 0.4) is 0 Å². The molecule has 0 aromatic carbocycles. The fourth-order valence-electron chi connectivity index (χ4n) is 2.44. The lowest BCUT2D eigenvalue weighted by molar-refractivity contribution is 0.203. The Morgan fingerprint density at radius 2 is 2.11 bits per heavy atom. The number of nitriles is 1. The Hall–Kier alpha value is -1.67. The number of anilines is 1. The van der Waals surface area contributed by atoms with Crippen LogP contribution in [0.15, 0.2) is 12.4 Å². The molecule has 2 rings (SSSR count). The van der Waals surface area contributed by atoms with Crippen molar-refractivity contribution in [2.24, 2.45) is 5.92 Å². The molecule has 5 nitrogen and oxygen atoms in total. The van der Waals surface area contributed by atoms with Crippen molar-refractivity contribution in [1.29, 1.82) is 5.26 Å². The Morgan fingerprint density at radius 1 is 1.28 bits per heavy atom. The summed E-state index contributed by atoms with van der Waals surface area (Å²) in [6.45, 7) is 0.210. The molecule has 1 aliphatic rings. The molecule has 96 valence electrons. The molecule has 2 unspecified atom stereocenters. The second-order valence-corrected chi connectivity index (χ2v) is 4.73. The number of aromatic nitrogens is 2. The molecule has 1 aromatic rings. The van der Waals surface area contributed by atoms with Gasteiger partial charge >= 0.3 is 0 Å². The maximum Gasteiger partial charge on any atom is 0.158 e. The minimum Gasteiger partial charge on any atom is -0.396 e. The molecule has 0 radical (unpaired) electrons. The predicted octanol–water partition coefficient (Wildman–Crippen LogP) is 1.70. The van der Waals surface area contributed by atoms with Crippen molar-refractivity contribution in [3.05, 3.63) is 18.1 Å². The normalized spacial score (nSPS) is 24.0. The van der Waals surface area contributed by atoms with Gasteiger partial charge in [0.05, 0.1) is 12.4 Å². The number of aliphatic hydroxyl groups excluding tert-OH is 1. The molecule has 0 bridgehead atoms. The van der Waals surface area contributed by atoms with E-state index in [0.717, 1.165) is 12.8 Å². The number of aliphatic hydroxyl groups is 1. The largest absolute Gasteiger partial charge is 0.396 e. The van der Waals surface area contributed by atoms with Crippen LogP contribution in [0, 0.1) is 17.2 Å². The van der Waals surface area contributed by atoms with Crippen molar-refractivity contribution in [1.82, 2.24) is 9.97 Å². The number of rotatable bonds is 3. The lowest BCUT2D eigenvalue weighted by atomic mass is 9.96. The van der Waals surface area contributed by atoms with E-state index >= 15 is 0 Å². The van der Waals surface area contributed by atoms with E-state index in [4.69, 9.17) is 5.26 Å². The van der Waals surface area contributed by atoms with Crippen LogP contribution >= 0.6 is 0 Å². The fraction of sp³-hybridized carbons (Fsp3) is 0.615. The highest BCUT2D eigenvalue weighted by atomic mass is 16.3. The Labute approximate surface area is 107 Å². The maximum atomic E-state index is 9.43. The number of hydrogen-bond acceptors (Lipinski definition) is 5. The highest BCUT2D eigenvalue weighted by molar-refractivity contribution is 5.34. The van der Waals surface area contributed by atoms with Crippen LogP contribution in [0.1, 0.15) is 37.8 Å². The smallest absolute Gasteiger partial charge is 0.158 e. The Bertz CT molecular complexity index is 412. The van der Waals surface area contributed by atoms with Gasteiger partial charge in [-0.1, -0.05) is 19.3 Å². The van der Waals surface area contributed by atoms with E-state index in [2.05, 4.69) is 15.3 Å². The number of nitrogens with one attached hydrogen (secondary N) is 1. The lowest BCUT2D eigenvalue weighted by Crippen LogP contribution is -2.31. The molecule has 2 atom stereocenters. The molecular weight excluding hydrogens is 228 g/mol. The molecule has 1 saturated carbocycles. The highest BCUT2D eigenvalue weighted by Gasteiger charge is 2.23. The van der Waals surface area contributed by atoms with E-state index < -0.39 is 0 Å². The molecule has 0 aliphatic heterocycles. The monoisotopic (exact) mass is 246 g/mol. The summed E-state index contributed by atoms with van der Waals surface area (Å²) < 4.78 is 0. The molecule has 1 aliphatic carbocycles. The summed E-state index contributed by atoms with van der Waals surface area (Å²) in [6, 6.07) is 2.20. The third kappa shape index (κ3) is 3.17. The van der Waals surface area contributed by atoms with E-state index in [1.54, 1.807) is 6.20 Å². The van der Waals surface area contributed by atoms with E-state index in [-0.39, 0.29) is 18.6 Å². The molecule has 0 saturated heterocycles. The first-order valence-corrected chi connectivity index (χ1v) is 6.43. The Balaban J connectivity index is 2.03. The van der Waals surface area contributed by atoms with Crippen LogP contribution in [0.25, 0.3) is 0 Å². The average Bonchev–Trinajstić information content (AvgIpc) is 2.64. The van der Waals surface area contributed by atoms with Crippen molar-refractivity contribution < 1.29 is 5.11 Å². The van der Waals surface area contributed by atoms with Gasteiger partial charge in [-0.2, -0.15) is 5.26 Å². The van der Waals surface area contributed by atoms with Gasteiger partial charge in [-0.3, -0.25) is 0 Å². The van der Waals surface area contributed by atoms with E-state index in [1.165, 1.54) is 25.5 Å². The first-order chi connectivity index (χ1) is 8.83. The van der Waals surface area contributed by atoms with Crippen molar-refractivity contribution in [2.45, 2.75) is 38.1 Å². The quantitative estimate of drug-likeness (QED) is 0.793. The third-order valence-electron chi connectivity index (χ3n) is 3.49. The van der Waals surface area contributed by atoms with Gasteiger partial charge in [0.1, 0.15) is 11.9 Å². The van der Waals surface area contributed by atoms with Crippen molar-refractivity contribution in [3.8, 4) is 6.07 Å². The van der Waals surface area contributed by atoms with E-state index in [9.17, 15) is 5.11 Å². The van der Waals surface area contributed by atoms with Crippen LogP contribution in [-0.2, 0) is 0 Å².